The van der Waals surface area contributed by atoms with E-state index in [0.717, 1.165) is 0 Å². The number of carbonyl (C=O) groups is 2. The highest BCUT2D eigenvalue weighted by Crippen LogP contribution is 2.10. The lowest BCUT2D eigenvalue weighted by atomic mass is 10.0. The standard InChI is InChI=1S/C8H12O4/c1-5(7(9)10)4-6(2)8(11)12-3/h5H,2,4H2,1,3H3,(H,9,10). The average Bonchev–Trinajstić information content (AvgIpc) is 2.02. The second-order valence-corrected chi connectivity index (χ2v) is 2.54. The van der Waals surface area contributed by atoms with Crippen LogP contribution in [0.15, 0.2) is 12.2 Å². The van der Waals surface area contributed by atoms with Crippen molar-refractivity contribution in [3.8, 4) is 0 Å². The van der Waals surface area contributed by atoms with Crippen LogP contribution in [0.25, 0.3) is 0 Å². The van der Waals surface area contributed by atoms with Crippen molar-refractivity contribution in [2.45, 2.75) is 13.3 Å². The summed E-state index contributed by atoms with van der Waals surface area (Å²) in [5, 5.41) is 8.49. The Labute approximate surface area is 70.8 Å². The molecule has 4 heteroatoms. The number of aliphatic carboxylic acids is 1. The van der Waals surface area contributed by atoms with Crippen molar-refractivity contribution >= 4 is 11.9 Å². The molecule has 1 unspecified atom stereocenters. The van der Waals surface area contributed by atoms with Gasteiger partial charge in [0.05, 0.1) is 13.0 Å². The van der Waals surface area contributed by atoms with E-state index in [1.807, 2.05) is 0 Å². The molecule has 1 atom stereocenters. The smallest absolute Gasteiger partial charge is 0.333 e. The fourth-order valence-electron chi connectivity index (χ4n) is 0.685. The van der Waals surface area contributed by atoms with Crippen molar-refractivity contribution in [3.05, 3.63) is 12.2 Å². The number of esters is 1. The molecule has 0 aromatic rings. The van der Waals surface area contributed by atoms with Crippen LogP contribution in [-0.2, 0) is 14.3 Å². The molecule has 0 spiro atoms. The molecule has 0 saturated heterocycles. The summed E-state index contributed by atoms with van der Waals surface area (Å²) in [6.07, 6.45) is 0.127. The molecule has 0 radical (unpaired) electrons. The fraction of sp³-hybridized carbons (Fsp3) is 0.500. The molecule has 0 aliphatic rings. The summed E-state index contributed by atoms with van der Waals surface area (Å²) in [6, 6.07) is 0. The largest absolute Gasteiger partial charge is 0.481 e. The van der Waals surface area contributed by atoms with Crippen LogP contribution in [0.2, 0.25) is 0 Å². The number of ether oxygens (including phenoxy) is 1. The predicted octanol–water partition coefficient (Wildman–Crippen LogP) is 0.826. The Balaban J connectivity index is 4.01. The van der Waals surface area contributed by atoms with E-state index in [2.05, 4.69) is 11.3 Å². The van der Waals surface area contributed by atoms with Gasteiger partial charge in [0.2, 0.25) is 0 Å². The summed E-state index contributed by atoms with van der Waals surface area (Å²) in [7, 11) is 1.24. The lowest BCUT2D eigenvalue weighted by Gasteiger charge is -2.06. The fourth-order valence-corrected chi connectivity index (χ4v) is 0.685. The summed E-state index contributed by atoms with van der Waals surface area (Å²) >= 11 is 0. The monoisotopic (exact) mass is 172 g/mol. The summed E-state index contributed by atoms with van der Waals surface area (Å²) in [4.78, 5) is 21.1. The molecule has 0 aromatic carbocycles. The van der Waals surface area contributed by atoms with Gasteiger partial charge in [0.1, 0.15) is 0 Å². The van der Waals surface area contributed by atoms with Gasteiger partial charge in [-0.1, -0.05) is 13.5 Å². The van der Waals surface area contributed by atoms with E-state index < -0.39 is 17.9 Å². The van der Waals surface area contributed by atoms with Crippen molar-refractivity contribution in [2.75, 3.05) is 7.11 Å². The van der Waals surface area contributed by atoms with E-state index in [1.165, 1.54) is 14.0 Å². The van der Waals surface area contributed by atoms with E-state index in [1.54, 1.807) is 0 Å². The highest BCUT2D eigenvalue weighted by Gasteiger charge is 2.16. The minimum absolute atomic E-state index is 0.127. The predicted molar refractivity (Wildman–Crippen MR) is 42.6 cm³/mol. The van der Waals surface area contributed by atoms with Crippen LogP contribution >= 0.6 is 0 Å². The number of hydrogen-bond acceptors (Lipinski definition) is 3. The Morgan fingerprint density at radius 2 is 2.08 bits per heavy atom. The normalized spacial score (nSPS) is 11.8. The van der Waals surface area contributed by atoms with Crippen molar-refractivity contribution < 1.29 is 19.4 Å². The highest BCUT2D eigenvalue weighted by molar-refractivity contribution is 5.88. The van der Waals surface area contributed by atoms with Gasteiger partial charge in [0.25, 0.3) is 0 Å². The van der Waals surface area contributed by atoms with Crippen LogP contribution in [0.1, 0.15) is 13.3 Å². The highest BCUT2D eigenvalue weighted by atomic mass is 16.5. The molecule has 0 fully saturated rings. The second kappa shape index (κ2) is 4.54. The summed E-state index contributed by atoms with van der Waals surface area (Å²) in [5.41, 5.74) is 0.187. The molecule has 0 saturated carbocycles. The quantitative estimate of drug-likeness (QED) is 0.503. The maximum absolute atomic E-state index is 10.8. The Bertz CT molecular complexity index is 207. The zero-order valence-corrected chi connectivity index (χ0v) is 7.16. The first kappa shape index (κ1) is 10.7. The first-order valence-electron chi connectivity index (χ1n) is 3.48. The molecule has 4 nitrogen and oxygen atoms in total. The van der Waals surface area contributed by atoms with Crippen molar-refractivity contribution in [3.63, 3.8) is 0 Å². The van der Waals surface area contributed by atoms with Crippen LogP contribution in [0, 0.1) is 5.92 Å². The van der Waals surface area contributed by atoms with Crippen LogP contribution in [-0.4, -0.2) is 24.2 Å². The third kappa shape index (κ3) is 3.18. The van der Waals surface area contributed by atoms with Gasteiger partial charge >= 0.3 is 11.9 Å². The van der Waals surface area contributed by atoms with Gasteiger partial charge in [-0.05, 0) is 6.42 Å². The zero-order chi connectivity index (χ0) is 9.72. The number of carboxylic acids is 1. The lowest BCUT2D eigenvalue weighted by Crippen LogP contribution is -2.14. The van der Waals surface area contributed by atoms with Crippen molar-refractivity contribution in [2.24, 2.45) is 5.92 Å². The third-order valence-electron chi connectivity index (χ3n) is 1.45. The van der Waals surface area contributed by atoms with E-state index in [0.29, 0.717) is 0 Å². The number of hydrogen-bond donors (Lipinski definition) is 1. The average molecular weight is 172 g/mol. The molecule has 0 amide bonds. The molecule has 68 valence electrons. The molecule has 12 heavy (non-hydrogen) atoms. The van der Waals surface area contributed by atoms with Gasteiger partial charge in [-0.2, -0.15) is 0 Å². The van der Waals surface area contributed by atoms with Gasteiger partial charge in [-0.3, -0.25) is 4.79 Å². The van der Waals surface area contributed by atoms with Crippen LogP contribution in [0.4, 0.5) is 0 Å². The van der Waals surface area contributed by atoms with Crippen molar-refractivity contribution in [1.29, 1.82) is 0 Å². The van der Waals surface area contributed by atoms with E-state index >= 15 is 0 Å². The van der Waals surface area contributed by atoms with E-state index in [-0.39, 0.29) is 12.0 Å². The summed E-state index contributed by atoms with van der Waals surface area (Å²) in [5.74, 6) is -2.10. The van der Waals surface area contributed by atoms with Gasteiger partial charge in [-0.15, -0.1) is 0 Å². The maximum atomic E-state index is 10.8. The maximum Gasteiger partial charge on any atom is 0.333 e. The molecule has 0 aliphatic carbocycles. The first-order chi connectivity index (χ1) is 5.49. The Kier molecular flexibility index (Phi) is 4.04. The third-order valence-corrected chi connectivity index (χ3v) is 1.45. The topological polar surface area (TPSA) is 63.6 Å². The molecule has 0 rings (SSSR count). The zero-order valence-electron chi connectivity index (χ0n) is 7.16. The lowest BCUT2D eigenvalue weighted by molar-refractivity contribution is -0.141. The van der Waals surface area contributed by atoms with Crippen LogP contribution in [0.3, 0.4) is 0 Å². The van der Waals surface area contributed by atoms with Gasteiger partial charge in [0.15, 0.2) is 0 Å². The van der Waals surface area contributed by atoms with Gasteiger partial charge in [0, 0.05) is 5.57 Å². The molecule has 0 bridgehead atoms. The molecule has 0 aromatic heterocycles. The number of methoxy groups -OCH3 is 1. The molecule has 1 N–H and O–H groups in total. The van der Waals surface area contributed by atoms with Gasteiger partial charge < -0.3 is 9.84 Å². The van der Waals surface area contributed by atoms with E-state index in [9.17, 15) is 9.59 Å². The van der Waals surface area contributed by atoms with Crippen LogP contribution in [0.5, 0.6) is 0 Å². The van der Waals surface area contributed by atoms with Crippen LogP contribution < -0.4 is 0 Å². The molecule has 0 heterocycles. The number of carboxylic acid groups (broad SMARTS) is 1. The minimum Gasteiger partial charge on any atom is -0.481 e. The Morgan fingerprint density at radius 1 is 1.58 bits per heavy atom. The van der Waals surface area contributed by atoms with E-state index in [4.69, 9.17) is 5.11 Å². The summed E-state index contributed by atoms with van der Waals surface area (Å²) < 4.78 is 4.36. The second-order valence-electron chi connectivity index (χ2n) is 2.54. The first-order valence-corrected chi connectivity index (χ1v) is 3.48. The number of carbonyl (C=O) groups excluding carboxylic acids is 1. The Morgan fingerprint density at radius 3 is 2.42 bits per heavy atom. The minimum atomic E-state index is -0.944. The SMILES string of the molecule is C=C(CC(C)C(=O)O)C(=O)OC. The molecular formula is C8H12O4. The number of rotatable bonds is 4. The summed E-state index contributed by atoms with van der Waals surface area (Å²) in [6.45, 7) is 4.92. The Hall–Kier alpha value is -1.32. The molecule has 0 aliphatic heterocycles. The molecular weight excluding hydrogens is 160 g/mol. The van der Waals surface area contributed by atoms with Crippen molar-refractivity contribution in [1.82, 2.24) is 0 Å². The van der Waals surface area contributed by atoms with Gasteiger partial charge in [-0.25, -0.2) is 4.79 Å².